The molecule has 0 bridgehead atoms. The fraction of sp³-hybridized carbons (Fsp3) is 0.400. The van der Waals surface area contributed by atoms with Crippen molar-refractivity contribution in [1.29, 1.82) is 5.41 Å². The highest BCUT2D eigenvalue weighted by atomic mass is 35.6. The van der Waals surface area contributed by atoms with Crippen LogP contribution in [0.3, 0.4) is 0 Å². The molecule has 40 heavy (non-hydrogen) atoms. The number of alkyl halides is 3. The molecular weight excluding hydrogens is 591 g/mol. The van der Waals surface area contributed by atoms with Crippen LogP contribution in [0.5, 0.6) is 5.75 Å². The maximum absolute atomic E-state index is 13.0. The maximum Gasteiger partial charge on any atom is 0.338 e. The molecule has 1 N–H and O–H groups in total. The summed E-state index contributed by atoms with van der Waals surface area (Å²) < 4.78 is 31.2. The van der Waals surface area contributed by atoms with E-state index in [1.54, 1.807) is 49.6 Å². The van der Waals surface area contributed by atoms with Crippen LogP contribution in [0.4, 0.5) is 0 Å². The second kappa shape index (κ2) is 14.4. The highest BCUT2D eigenvalue weighted by Crippen LogP contribution is 2.34. The highest BCUT2D eigenvalue weighted by molar-refractivity contribution is 6.76. The third-order valence-corrected chi connectivity index (χ3v) is 6.07. The van der Waals surface area contributed by atoms with Crippen molar-refractivity contribution in [3.05, 3.63) is 76.2 Å². The number of hydrogen-bond acceptors (Lipinski definition) is 10. The van der Waals surface area contributed by atoms with Crippen LogP contribution in [0.25, 0.3) is 10.4 Å². The average molecular weight is 616 g/mol. The third kappa shape index (κ3) is 8.62. The number of carbonyl (C=O) groups is 2. The summed E-state index contributed by atoms with van der Waals surface area (Å²) in [6.45, 7) is 1.07. The van der Waals surface area contributed by atoms with E-state index in [9.17, 15) is 15.1 Å². The lowest BCUT2D eigenvalue weighted by Gasteiger charge is -2.43. The van der Waals surface area contributed by atoms with Crippen LogP contribution in [0.2, 0.25) is 0 Å². The van der Waals surface area contributed by atoms with Crippen LogP contribution in [-0.4, -0.2) is 66.0 Å². The summed E-state index contributed by atoms with van der Waals surface area (Å²) in [5, 5.41) is 11.6. The summed E-state index contributed by atoms with van der Waals surface area (Å²) in [6, 6.07) is 13.6. The predicted octanol–water partition coefficient (Wildman–Crippen LogP) is 5.14. The highest BCUT2D eigenvalue weighted by Gasteiger charge is 2.52. The summed E-state index contributed by atoms with van der Waals surface area (Å²) in [6.07, 6.45) is -5.47. The lowest BCUT2D eigenvalue weighted by Crippen LogP contribution is -2.61. The van der Waals surface area contributed by atoms with Gasteiger partial charge in [0.25, 0.3) is 3.79 Å². The van der Waals surface area contributed by atoms with E-state index in [-0.39, 0.29) is 18.8 Å². The molecular formula is C25H25Cl3N4O8. The molecule has 1 aliphatic rings. The molecule has 1 saturated heterocycles. The molecule has 3 rings (SSSR count). The first-order valence-corrected chi connectivity index (χ1v) is 12.8. The minimum absolute atomic E-state index is 0.125. The molecule has 1 unspecified atom stereocenters. The number of carbonyl (C=O) groups excluding carboxylic acids is 2. The van der Waals surface area contributed by atoms with Gasteiger partial charge in [0, 0.05) is 11.8 Å². The van der Waals surface area contributed by atoms with E-state index >= 15 is 0 Å². The smallest absolute Gasteiger partial charge is 0.338 e. The van der Waals surface area contributed by atoms with Crippen LogP contribution in [-0.2, 0) is 35.1 Å². The molecule has 0 radical (unpaired) electrons. The van der Waals surface area contributed by atoms with Crippen molar-refractivity contribution in [3.63, 3.8) is 0 Å². The Kier molecular flexibility index (Phi) is 11.3. The Bertz CT molecular complexity index is 1220. The largest absolute Gasteiger partial charge is 0.497 e. The number of rotatable bonds is 10. The summed E-state index contributed by atoms with van der Waals surface area (Å²) in [4.78, 5) is 27.9. The minimum atomic E-state index is -2.28. The van der Waals surface area contributed by atoms with Gasteiger partial charge < -0.3 is 28.4 Å². The van der Waals surface area contributed by atoms with Crippen molar-refractivity contribution in [1.82, 2.24) is 0 Å². The zero-order valence-corrected chi connectivity index (χ0v) is 23.5. The fourth-order valence-electron chi connectivity index (χ4n) is 3.74. The zero-order valence-electron chi connectivity index (χ0n) is 21.2. The van der Waals surface area contributed by atoms with Gasteiger partial charge in [0.2, 0.25) is 12.2 Å². The van der Waals surface area contributed by atoms with Gasteiger partial charge in [0.15, 0.2) is 12.2 Å². The number of ether oxygens (including phenoxy) is 6. The van der Waals surface area contributed by atoms with Gasteiger partial charge in [-0.2, -0.15) is 0 Å². The number of methoxy groups -OCH3 is 1. The van der Waals surface area contributed by atoms with Crippen molar-refractivity contribution in [2.24, 2.45) is 5.11 Å². The molecule has 15 heteroatoms. The molecule has 2 aromatic carbocycles. The first-order valence-electron chi connectivity index (χ1n) is 11.7. The van der Waals surface area contributed by atoms with Crippen molar-refractivity contribution >= 4 is 52.6 Å². The first-order chi connectivity index (χ1) is 19.0. The quantitative estimate of drug-likeness (QED) is 0.0731. The standard InChI is InChI=1S/C25H25Cl3N4O8/c1-14(33)37-20-18(13-36-12-15-8-10-17(35-2)11-9-15)38-23(40-24(29)25(26,27)28)19(31-32-30)21(20)39-22(34)16-6-4-3-5-7-16/h3-11,18-21,23,29H,12-13H2,1-2H3/t18-,19-,20-,21-,23?/m1/s1. The van der Waals surface area contributed by atoms with Crippen molar-refractivity contribution in [3.8, 4) is 5.75 Å². The van der Waals surface area contributed by atoms with Crippen molar-refractivity contribution in [2.45, 2.75) is 48.0 Å². The Labute approximate surface area is 244 Å². The SMILES string of the molecule is COc1ccc(COC[C@H]2OC(OC(=N)C(Cl)(Cl)Cl)[C@H](N=[N+]=[N-])[C@@H](OC(=O)c3ccccc3)[C@@H]2OC(C)=O)cc1. The molecule has 12 nitrogen and oxygen atoms in total. The Hall–Kier alpha value is -3.25. The van der Waals surface area contributed by atoms with E-state index < -0.39 is 52.3 Å². The summed E-state index contributed by atoms with van der Waals surface area (Å²) >= 11 is 17.3. The molecule has 2 aromatic rings. The van der Waals surface area contributed by atoms with E-state index in [1.165, 1.54) is 12.1 Å². The minimum Gasteiger partial charge on any atom is -0.497 e. The van der Waals surface area contributed by atoms with E-state index in [0.29, 0.717) is 5.75 Å². The van der Waals surface area contributed by atoms with Gasteiger partial charge in [-0.3, -0.25) is 10.2 Å². The molecule has 0 aromatic heterocycles. The first kappa shape index (κ1) is 31.3. The fourth-order valence-corrected chi connectivity index (χ4v) is 3.87. The summed E-state index contributed by atoms with van der Waals surface area (Å²) in [7, 11) is 1.55. The second-order valence-corrected chi connectivity index (χ2v) is 10.6. The van der Waals surface area contributed by atoms with Crippen LogP contribution >= 0.6 is 34.8 Å². The van der Waals surface area contributed by atoms with Gasteiger partial charge in [0.05, 0.1) is 25.9 Å². The van der Waals surface area contributed by atoms with Crippen LogP contribution in [0.1, 0.15) is 22.8 Å². The van der Waals surface area contributed by atoms with Gasteiger partial charge >= 0.3 is 11.9 Å². The molecule has 1 aliphatic heterocycles. The van der Waals surface area contributed by atoms with Crippen LogP contribution in [0.15, 0.2) is 59.7 Å². The van der Waals surface area contributed by atoms with Crippen molar-refractivity contribution in [2.75, 3.05) is 13.7 Å². The average Bonchev–Trinajstić information content (AvgIpc) is 2.92. The number of hydrogen-bond donors (Lipinski definition) is 1. The number of halogens is 3. The monoisotopic (exact) mass is 614 g/mol. The molecule has 0 spiro atoms. The third-order valence-electron chi connectivity index (χ3n) is 5.56. The van der Waals surface area contributed by atoms with Crippen LogP contribution < -0.4 is 4.74 Å². The molecule has 0 aliphatic carbocycles. The van der Waals surface area contributed by atoms with E-state index in [2.05, 4.69) is 10.0 Å². The molecule has 5 atom stereocenters. The molecule has 0 amide bonds. The van der Waals surface area contributed by atoms with Gasteiger partial charge in [-0.1, -0.05) is 70.2 Å². The lowest BCUT2D eigenvalue weighted by atomic mass is 9.96. The number of nitrogens with one attached hydrogen (secondary N) is 1. The number of nitrogens with zero attached hydrogens (tertiary/aromatic N) is 3. The van der Waals surface area contributed by atoms with Gasteiger partial charge in [-0.05, 0) is 35.4 Å². The number of esters is 2. The maximum atomic E-state index is 13.0. The molecule has 0 saturated carbocycles. The second-order valence-electron chi connectivity index (χ2n) is 8.36. The number of azide groups is 1. The van der Waals surface area contributed by atoms with E-state index in [1.807, 2.05) is 0 Å². The normalized spacial score (nSPS) is 22.4. The molecule has 1 fully saturated rings. The van der Waals surface area contributed by atoms with Crippen LogP contribution in [0, 0.1) is 5.41 Å². The van der Waals surface area contributed by atoms with E-state index in [4.69, 9.17) is 68.6 Å². The van der Waals surface area contributed by atoms with Crippen molar-refractivity contribution < 1.29 is 38.0 Å². The van der Waals surface area contributed by atoms with Gasteiger partial charge in [-0.25, -0.2) is 4.79 Å². The topological polar surface area (TPSA) is 162 Å². The Morgan fingerprint density at radius 2 is 1.73 bits per heavy atom. The zero-order chi connectivity index (χ0) is 29.3. The van der Waals surface area contributed by atoms with Gasteiger partial charge in [-0.15, -0.1) is 0 Å². The Morgan fingerprint density at radius 1 is 1.05 bits per heavy atom. The predicted molar refractivity (Wildman–Crippen MR) is 145 cm³/mol. The van der Waals surface area contributed by atoms with E-state index in [0.717, 1.165) is 12.5 Å². The summed E-state index contributed by atoms with van der Waals surface area (Å²) in [5.74, 6) is -1.73. The Morgan fingerprint density at radius 3 is 2.30 bits per heavy atom. The number of benzene rings is 2. The Balaban J connectivity index is 1.92. The molecule has 214 valence electrons. The molecule has 1 heterocycles. The lowest BCUT2D eigenvalue weighted by molar-refractivity contribution is -0.253. The summed E-state index contributed by atoms with van der Waals surface area (Å²) in [5.41, 5.74) is 10.2. The van der Waals surface area contributed by atoms with Gasteiger partial charge in [0.1, 0.15) is 17.9 Å².